The lowest BCUT2D eigenvalue weighted by atomic mass is 10.3. The molecule has 8 N–H and O–H groups in total. The first-order valence-corrected chi connectivity index (χ1v) is 5.52. The summed E-state index contributed by atoms with van der Waals surface area (Å²) >= 11 is 0. The topological polar surface area (TPSA) is 165 Å². The summed E-state index contributed by atoms with van der Waals surface area (Å²) in [5, 5.41) is 55.6. The normalized spacial score (nSPS) is 11.9. The summed E-state index contributed by atoms with van der Waals surface area (Å²) in [6.45, 7) is 2.64. The van der Waals surface area contributed by atoms with Gasteiger partial charge in [-0.2, -0.15) is 0 Å². The number of hydrogen-bond acceptors (Lipinski definition) is 9. The lowest BCUT2D eigenvalue weighted by Crippen LogP contribution is -2.10. The van der Waals surface area contributed by atoms with Crippen LogP contribution in [-0.4, -0.2) is 94.8 Å². The molecular formula is C5H19B4F4NO8. The highest BCUT2D eigenvalue weighted by molar-refractivity contribution is 6.32. The highest BCUT2D eigenvalue weighted by Crippen LogP contribution is 2.02. The summed E-state index contributed by atoms with van der Waals surface area (Å²) in [5.41, 5.74) is 0. The van der Waals surface area contributed by atoms with E-state index in [9.17, 15) is 17.3 Å². The Morgan fingerprint density at radius 1 is 0.591 bits per heavy atom. The van der Waals surface area contributed by atoms with E-state index in [0.717, 1.165) is 0 Å². The number of nitrogens with zero attached hydrogens (tertiary/aromatic N) is 1. The van der Waals surface area contributed by atoms with Gasteiger partial charge in [-0.1, -0.05) is 0 Å². The molecule has 1 fully saturated rings. The van der Waals surface area contributed by atoms with E-state index in [1.54, 1.807) is 0 Å². The second-order valence-electron chi connectivity index (χ2n) is 3.25. The molecule has 0 aromatic rings. The molecule has 1 saturated heterocycles. The van der Waals surface area contributed by atoms with Crippen molar-refractivity contribution in [3.05, 3.63) is 0 Å². The third-order valence-corrected chi connectivity index (χ3v) is 1.33. The first kappa shape index (κ1) is 29.6. The number of rotatable bonds is 0. The number of hydrogen-bond donors (Lipinski definition) is 8. The Kier molecular flexibility index (Phi) is 30.8. The lowest BCUT2D eigenvalue weighted by molar-refractivity contribution is 0.338. The summed E-state index contributed by atoms with van der Waals surface area (Å²) in [6.07, 6.45) is 2.83. The molecule has 0 unspecified atom stereocenters. The number of likely N-dealkylation sites (tertiary alicyclic amines) is 1. The van der Waals surface area contributed by atoms with Gasteiger partial charge < -0.3 is 45.1 Å². The fraction of sp³-hybridized carbons (Fsp3) is 1.00. The largest absolute Gasteiger partial charge is 0.674 e. The van der Waals surface area contributed by atoms with Gasteiger partial charge in [0.15, 0.2) is 0 Å². The van der Waals surface area contributed by atoms with Crippen molar-refractivity contribution in [2.45, 2.75) is 12.8 Å². The molecule has 0 aromatic carbocycles. The smallest absolute Gasteiger partial charge is 0.398 e. The standard InChI is InChI=1S/C5H11N.4BFH2O2/c1-6-4-2-3-5-6;4*2-1(3)4/h2-5H2,1H3;4*3-4H. The van der Waals surface area contributed by atoms with E-state index in [2.05, 4.69) is 11.9 Å². The van der Waals surface area contributed by atoms with Crippen molar-refractivity contribution in [2.24, 2.45) is 0 Å². The quantitative estimate of drug-likeness (QED) is 0.164. The van der Waals surface area contributed by atoms with Gasteiger partial charge in [-0.05, 0) is 33.0 Å². The van der Waals surface area contributed by atoms with Gasteiger partial charge in [0.1, 0.15) is 0 Å². The van der Waals surface area contributed by atoms with E-state index in [4.69, 9.17) is 40.2 Å². The SMILES string of the molecule is CN1CCCC1.OB(O)F.OB(O)F.OB(O)F.OB(O)F. The molecule has 132 valence electrons. The predicted molar refractivity (Wildman–Crippen MR) is 71.9 cm³/mol. The molecule has 0 spiro atoms. The zero-order chi connectivity index (χ0) is 18.7. The molecule has 0 aliphatic carbocycles. The average molecular weight is 340 g/mol. The summed E-state index contributed by atoms with van der Waals surface area (Å²) in [6, 6.07) is 0. The molecule has 17 heteroatoms. The van der Waals surface area contributed by atoms with Gasteiger partial charge in [-0.25, -0.2) is 0 Å². The summed E-state index contributed by atoms with van der Waals surface area (Å²) in [4.78, 5) is 2.36. The van der Waals surface area contributed by atoms with Crippen molar-refractivity contribution in [1.29, 1.82) is 0 Å². The summed E-state index contributed by atoms with van der Waals surface area (Å²) in [5.74, 6) is 0. The minimum absolute atomic E-state index is 1.32. The van der Waals surface area contributed by atoms with Gasteiger partial charge in [0, 0.05) is 0 Å². The van der Waals surface area contributed by atoms with Crippen LogP contribution in [0.25, 0.3) is 0 Å². The van der Waals surface area contributed by atoms with E-state index < -0.39 is 29.6 Å². The Hall–Kier alpha value is -0.380. The maximum atomic E-state index is 10.1. The minimum atomic E-state index is -2.67. The molecule has 0 amide bonds. The third-order valence-electron chi connectivity index (χ3n) is 1.33. The van der Waals surface area contributed by atoms with Crippen molar-refractivity contribution in [3.63, 3.8) is 0 Å². The van der Waals surface area contributed by atoms with Crippen molar-refractivity contribution in [3.8, 4) is 0 Å². The highest BCUT2D eigenvalue weighted by Gasteiger charge is 2.03. The fourth-order valence-corrected chi connectivity index (χ4v) is 0.875. The molecule has 1 aliphatic heterocycles. The lowest BCUT2D eigenvalue weighted by Gasteiger charge is -2.01. The van der Waals surface area contributed by atoms with Crippen molar-refractivity contribution >= 4 is 29.6 Å². The third kappa shape index (κ3) is 155. The van der Waals surface area contributed by atoms with Crippen LogP contribution in [0.2, 0.25) is 0 Å². The molecule has 0 saturated carbocycles. The predicted octanol–water partition coefficient (Wildman–Crippen LogP) is -3.59. The maximum absolute atomic E-state index is 10.1. The van der Waals surface area contributed by atoms with Gasteiger partial charge in [-0.3, -0.25) is 17.3 Å². The monoisotopic (exact) mass is 341 g/mol. The fourth-order valence-electron chi connectivity index (χ4n) is 0.875. The van der Waals surface area contributed by atoms with Crippen LogP contribution in [0.3, 0.4) is 0 Å². The van der Waals surface area contributed by atoms with Crippen molar-refractivity contribution in [2.75, 3.05) is 20.1 Å². The molecule has 0 aromatic heterocycles. The zero-order valence-electron chi connectivity index (χ0n) is 11.7. The molecule has 22 heavy (non-hydrogen) atoms. The van der Waals surface area contributed by atoms with Crippen LogP contribution in [0.4, 0.5) is 17.3 Å². The van der Waals surface area contributed by atoms with Gasteiger partial charge >= 0.3 is 29.6 Å². The first-order valence-electron chi connectivity index (χ1n) is 5.52. The van der Waals surface area contributed by atoms with E-state index in [0.29, 0.717) is 0 Å². The van der Waals surface area contributed by atoms with Crippen LogP contribution >= 0.6 is 0 Å². The molecular weight excluding hydrogens is 321 g/mol. The average Bonchev–Trinajstić information content (AvgIpc) is 2.64. The van der Waals surface area contributed by atoms with Gasteiger partial charge in [-0.15, -0.1) is 0 Å². The molecule has 0 radical (unpaired) electrons. The Bertz CT molecular complexity index is 159. The Morgan fingerprint density at radius 2 is 0.727 bits per heavy atom. The maximum Gasteiger partial charge on any atom is 0.674 e. The van der Waals surface area contributed by atoms with E-state index >= 15 is 0 Å². The van der Waals surface area contributed by atoms with Crippen LogP contribution in [0.15, 0.2) is 0 Å². The van der Waals surface area contributed by atoms with Crippen LogP contribution in [0.5, 0.6) is 0 Å². The molecule has 9 nitrogen and oxygen atoms in total. The number of halogens is 4. The Balaban J connectivity index is -0.0000000937. The molecule has 1 aliphatic rings. The van der Waals surface area contributed by atoms with Crippen LogP contribution < -0.4 is 0 Å². The highest BCUT2D eigenvalue weighted by atomic mass is 19.1. The second-order valence-corrected chi connectivity index (χ2v) is 3.25. The molecule has 1 rings (SSSR count). The minimum Gasteiger partial charge on any atom is -0.398 e. The Morgan fingerprint density at radius 3 is 0.773 bits per heavy atom. The zero-order valence-corrected chi connectivity index (χ0v) is 11.7. The van der Waals surface area contributed by atoms with Crippen molar-refractivity contribution in [1.82, 2.24) is 4.90 Å². The van der Waals surface area contributed by atoms with Crippen LogP contribution in [-0.2, 0) is 0 Å². The first-order chi connectivity index (χ1) is 9.82. The molecule has 0 atom stereocenters. The van der Waals surface area contributed by atoms with E-state index in [1.165, 1.54) is 25.9 Å². The van der Waals surface area contributed by atoms with Crippen LogP contribution in [0, 0.1) is 0 Å². The molecule has 1 heterocycles. The van der Waals surface area contributed by atoms with Gasteiger partial charge in [0.05, 0.1) is 0 Å². The Labute approximate surface area is 126 Å². The van der Waals surface area contributed by atoms with Gasteiger partial charge in [0.2, 0.25) is 0 Å². The summed E-state index contributed by atoms with van der Waals surface area (Å²) < 4.78 is 40.4. The van der Waals surface area contributed by atoms with Gasteiger partial charge in [0.25, 0.3) is 0 Å². The van der Waals surface area contributed by atoms with Crippen molar-refractivity contribution < 1.29 is 57.5 Å². The summed E-state index contributed by atoms with van der Waals surface area (Å²) in [7, 11) is -8.49. The van der Waals surface area contributed by atoms with E-state index in [-0.39, 0.29) is 0 Å². The second kappa shape index (κ2) is 22.9. The molecule has 0 bridgehead atoms. The van der Waals surface area contributed by atoms with E-state index in [1.807, 2.05) is 0 Å². The van der Waals surface area contributed by atoms with Crippen LogP contribution in [0.1, 0.15) is 12.8 Å².